The Hall–Kier alpha value is -0.123. The summed E-state index contributed by atoms with van der Waals surface area (Å²) in [5.41, 5.74) is -5.65. The van der Waals surface area contributed by atoms with Gasteiger partial charge < -0.3 is 9.35 Å². The number of hydrogen-bond donors (Lipinski definition) is 0. The summed E-state index contributed by atoms with van der Waals surface area (Å²) in [6, 6.07) is 0. The second-order valence-electron chi connectivity index (χ2n) is 0.900. The first-order chi connectivity index (χ1) is 4.25. The van der Waals surface area contributed by atoms with Crippen LogP contribution in [0.1, 0.15) is 0 Å². The molecule has 0 aromatic heterocycles. The van der Waals surface area contributed by atoms with Crippen molar-refractivity contribution < 1.29 is 30.9 Å². The SMILES string of the molecule is O=S(=O)([O-])C(F)(F)F.[OH2+][Si]. The normalized spacial score (nSPS) is 11.8. The molecule has 0 atom stereocenters. The Morgan fingerprint density at radius 1 is 1.30 bits per heavy atom. The van der Waals surface area contributed by atoms with Gasteiger partial charge in [-0.2, -0.15) is 13.2 Å². The molecule has 0 saturated heterocycles. The van der Waals surface area contributed by atoms with Crippen LogP contribution < -0.4 is 0 Å². The molecule has 0 fully saturated rings. The van der Waals surface area contributed by atoms with Crippen molar-refractivity contribution in [3.05, 3.63) is 0 Å². The van der Waals surface area contributed by atoms with Gasteiger partial charge in [-0.15, -0.1) is 0 Å². The minimum atomic E-state index is -6.09. The lowest BCUT2D eigenvalue weighted by Crippen LogP contribution is -2.21. The van der Waals surface area contributed by atoms with Crippen molar-refractivity contribution in [1.29, 1.82) is 0 Å². The molecule has 0 aromatic carbocycles. The van der Waals surface area contributed by atoms with Gasteiger partial charge in [-0.25, -0.2) is 8.42 Å². The Morgan fingerprint density at radius 3 is 1.40 bits per heavy atom. The van der Waals surface area contributed by atoms with E-state index in [0.29, 0.717) is 0 Å². The van der Waals surface area contributed by atoms with Crippen LogP contribution in [0.15, 0.2) is 0 Å². The van der Waals surface area contributed by atoms with Crippen molar-refractivity contribution in [2.45, 2.75) is 5.51 Å². The molecule has 0 saturated carbocycles. The van der Waals surface area contributed by atoms with Gasteiger partial charge in [0.1, 0.15) is 0 Å². The maximum Gasteiger partial charge on any atom is 0.620 e. The first-order valence-corrected chi connectivity index (χ1v) is 3.43. The molecule has 0 heterocycles. The number of hydrogen-bond acceptors (Lipinski definition) is 3. The highest BCUT2D eigenvalue weighted by atomic mass is 32.2. The molecule has 0 spiro atoms. The third-order valence-corrected chi connectivity index (χ3v) is 0.850. The van der Waals surface area contributed by atoms with Gasteiger partial charge in [-0.1, -0.05) is 0 Å². The molecule has 2 N–H and O–H groups in total. The lowest BCUT2D eigenvalue weighted by molar-refractivity contribution is -0.0517. The molecule has 9 heteroatoms. The summed E-state index contributed by atoms with van der Waals surface area (Å²) in [6.07, 6.45) is 0. The fraction of sp³-hybridized carbons (Fsp3) is 1.00. The van der Waals surface area contributed by atoms with Crippen molar-refractivity contribution in [2.75, 3.05) is 0 Å². The highest BCUT2D eigenvalue weighted by Gasteiger charge is 2.36. The van der Waals surface area contributed by atoms with Crippen LogP contribution in [-0.4, -0.2) is 33.8 Å². The van der Waals surface area contributed by atoms with E-state index in [1.807, 2.05) is 0 Å². The number of rotatable bonds is 0. The molecule has 4 nitrogen and oxygen atoms in total. The maximum absolute atomic E-state index is 10.7. The van der Waals surface area contributed by atoms with E-state index < -0.39 is 15.6 Å². The minimum Gasteiger partial charge on any atom is -0.741 e. The summed E-state index contributed by atoms with van der Waals surface area (Å²) < 4.78 is 58.9. The highest BCUT2D eigenvalue weighted by Crippen LogP contribution is 2.20. The Labute approximate surface area is 58.0 Å². The summed E-state index contributed by atoms with van der Waals surface area (Å²) in [5.74, 6) is 0. The van der Waals surface area contributed by atoms with Gasteiger partial charge in [-0.05, 0) is 0 Å². The van der Waals surface area contributed by atoms with Crippen LogP contribution in [-0.2, 0) is 10.1 Å². The molecule has 0 aliphatic rings. The molecular weight excluding hydrogens is 193 g/mol. The van der Waals surface area contributed by atoms with E-state index in [4.69, 9.17) is 17.8 Å². The first-order valence-electron chi connectivity index (χ1n) is 1.52. The van der Waals surface area contributed by atoms with E-state index in [1.165, 1.54) is 0 Å². The standard InChI is InChI=1S/CHF3O3S.H2OSi/c2-1(3,4)8(5,6)7;1-2/h(H,5,6,7);1H2/q;+1/p-1. The van der Waals surface area contributed by atoms with Crippen LogP contribution in [0.5, 0.6) is 0 Å². The molecule has 3 radical (unpaired) electrons. The third-order valence-electron chi connectivity index (χ3n) is 0.283. The monoisotopic (exact) mass is 195 g/mol. The smallest absolute Gasteiger partial charge is 0.620 e. The van der Waals surface area contributed by atoms with Crippen LogP contribution in [0, 0.1) is 0 Å². The zero-order valence-electron chi connectivity index (χ0n) is 4.27. The van der Waals surface area contributed by atoms with Crippen LogP contribution in [0.25, 0.3) is 0 Å². The van der Waals surface area contributed by atoms with Crippen LogP contribution in [0.4, 0.5) is 13.2 Å². The summed E-state index contributed by atoms with van der Waals surface area (Å²) >= 11 is 0. The summed E-state index contributed by atoms with van der Waals surface area (Å²) in [4.78, 5) is 5.56. The van der Waals surface area contributed by atoms with E-state index in [1.54, 1.807) is 0 Å². The fourth-order valence-corrected chi connectivity index (χ4v) is 0. The fourth-order valence-electron chi connectivity index (χ4n) is 0. The second kappa shape index (κ2) is 3.90. The highest BCUT2D eigenvalue weighted by molar-refractivity contribution is 7.86. The van der Waals surface area contributed by atoms with Gasteiger partial charge in [-0.3, -0.25) is 0 Å². The van der Waals surface area contributed by atoms with Gasteiger partial charge in [0, 0.05) is 0 Å². The quantitative estimate of drug-likeness (QED) is 0.212. The summed E-state index contributed by atoms with van der Waals surface area (Å²) in [5, 5.41) is 0. The molecule has 0 aromatic rings. The van der Waals surface area contributed by atoms with Crippen molar-refractivity contribution >= 4 is 20.6 Å². The molecule has 61 valence electrons. The van der Waals surface area contributed by atoms with Gasteiger partial charge in [0.15, 0.2) is 10.1 Å². The Balaban J connectivity index is 0. The Kier molecular flexibility index (Phi) is 4.90. The molecule has 0 amide bonds. The molecule has 0 rings (SSSR count). The lowest BCUT2D eigenvalue weighted by atomic mass is 11.6. The van der Waals surface area contributed by atoms with Crippen LogP contribution in [0.3, 0.4) is 0 Å². The van der Waals surface area contributed by atoms with Gasteiger partial charge in [0.05, 0.1) is 0 Å². The van der Waals surface area contributed by atoms with Gasteiger partial charge in [0.25, 0.3) is 0 Å². The van der Waals surface area contributed by atoms with Gasteiger partial charge >= 0.3 is 16.0 Å². The van der Waals surface area contributed by atoms with E-state index >= 15 is 0 Å². The molecular formula is CH2F3O4SSi. The van der Waals surface area contributed by atoms with Crippen molar-refractivity contribution in [1.82, 2.24) is 0 Å². The number of alkyl halides is 3. The lowest BCUT2D eigenvalue weighted by Gasteiger charge is -2.08. The zero-order chi connectivity index (χ0) is 9.00. The Morgan fingerprint density at radius 2 is 1.40 bits per heavy atom. The van der Waals surface area contributed by atoms with Gasteiger partial charge in [0.2, 0.25) is 0 Å². The van der Waals surface area contributed by atoms with E-state index in [-0.39, 0.29) is 0 Å². The first kappa shape index (κ1) is 12.5. The zero-order valence-corrected chi connectivity index (χ0v) is 6.08. The van der Waals surface area contributed by atoms with E-state index in [2.05, 4.69) is 10.5 Å². The average Bonchev–Trinajstić information content (AvgIpc) is 1.66. The van der Waals surface area contributed by atoms with Crippen LogP contribution in [0.2, 0.25) is 0 Å². The van der Waals surface area contributed by atoms with Crippen molar-refractivity contribution in [3.8, 4) is 0 Å². The van der Waals surface area contributed by atoms with E-state index in [0.717, 1.165) is 0 Å². The molecule has 0 bridgehead atoms. The molecule has 10 heavy (non-hydrogen) atoms. The number of halogens is 3. The molecule has 0 aliphatic heterocycles. The maximum atomic E-state index is 10.7. The molecule has 0 aliphatic carbocycles. The molecule has 0 unspecified atom stereocenters. The predicted molar refractivity (Wildman–Crippen MR) is 25.1 cm³/mol. The van der Waals surface area contributed by atoms with Crippen molar-refractivity contribution in [3.63, 3.8) is 0 Å². The third kappa shape index (κ3) is 4.73. The van der Waals surface area contributed by atoms with Crippen molar-refractivity contribution in [2.24, 2.45) is 0 Å². The van der Waals surface area contributed by atoms with Crippen LogP contribution >= 0.6 is 0 Å². The Bertz CT molecular complexity index is 169. The summed E-state index contributed by atoms with van der Waals surface area (Å²) in [6.45, 7) is 0. The minimum absolute atomic E-state index is 2.22. The predicted octanol–water partition coefficient (Wildman–Crippen LogP) is -1.15. The van der Waals surface area contributed by atoms with E-state index in [9.17, 15) is 13.2 Å². The average molecular weight is 195 g/mol. The summed E-state index contributed by atoms with van der Waals surface area (Å²) in [7, 11) is -3.87. The topological polar surface area (TPSA) is 80.1 Å². The largest absolute Gasteiger partial charge is 0.741 e. The second-order valence-corrected chi connectivity index (χ2v) is 2.27.